The second kappa shape index (κ2) is 4.09. The Kier molecular flexibility index (Phi) is 2.82. The van der Waals surface area contributed by atoms with E-state index in [1.54, 1.807) is 0 Å². The molecule has 1 atom stereocenters. The third-order valence-electron chi connectivity index (χ3n) is 2.78. The average Bonchev–Trinajstić information content (AvgIpc) is 2.62. The lowest BCUT2D eigenvalue weighted by Gasteiger charge is -2.23. The summed E-state index contributed by atoms with van der Waals surface area (Å²) in [7, 11) is 0. The van der Waals surface area contributed by atoms with Crippen molar-refractivity contribution in [3.05, 3.63) is 11.6 Å². The van der Waals surface area contributed by atoms with Crippen molar-refractivity contribution < 1.29 is 0 Å². The van der Waals surface area contributed by atoms with Gasteiger partial charge in [-0.3, -0.25) is 0 Å². The van der Waals surface area contributed by atoms with Gasteiger partial charge in [0.05, 0.1) is 6.04 Å². The maximum absolute atomic E-state index is 4.28. The second-order valence-corrected chi connectivity index (χ2v) is 3.79. The van der Waals surface area contributed by atoms with E-state index >= 15 is 0 Å². The Morgan fingerprint density at radius 2 is 2.29 bits per heavy atom. The summed E-state index contributed by atoms with van der Waals surface area (Å²) in [6.07, 6.45) is 3.27. The number of hydrogen-bond acceptors (Lipinski definition) is 3. The predicted octanol–water partition coefficient (Wildman–Crippen LogP) is 1.28. The Morgan fingerprint density at radius 3 is 3.00 bits per heavy atom. The third kappa shape index (κ3) is 1.54. The van der Waals surface area contributed by atoms with Crippen LogP contribution in [0.1, 0.15) is 44.4 Å². The highest BCUT2D eigenvalue weighted by Crippen LogP contribution is 2.19. The molecule has 4 nitrogen and oxygen atoms in total. The molecule has 4 heteroatoms. The molecule has 0 fully saturated rings. The minimum Gasteiger partial charge on any atom is -0.312 e. The SMILES string of the molecule is CCCc1nnc2n1CCNC2CC. The van der Waals surface area contributed by atoms with E-state index in [9.17, 15) is 0 Å². The van der Waals surface area contributed by atoms with Gasteiger partial charge in [0.1, 0.15) is 11.6 Å². The van der Waals surface area contributed by atoms with Crippen LogP contribution in [-0.2, 0) is 13.0 Å². The molecule has 0 saturated heterocycles. The molecule has 1 aromatic heterocycles. The molecule has 2 rings (SSSR count). The maximum Gasteiger partial charge on any atom is 0.150 e. The van der Waals surface area contributed by atoms with Gasteiger partial charge in [-0.2, -0.15) is 0 Å². The second-order valence-electron chi connectivity index (χ2n) is 3.79. The molecule has 0 saturated carbocycles. The van der Waals surface area contributed by atoms with Gasteiger partial charge in [-0.05, 0) is 12.8 Å². The zero-order valence-electron chi connectivity index (χ0n) is 8.95. The molecule has 0 spiro atoms. The molecule has 14 heavy (non-hydrogen) atoms. The van der Waals surface area contributed by atoms with Gasteiger partial charge in [0.25, 0.3) is 0 Å². The Morgan fingerprint density at radius 1 is 1.43 bits per heavy atom. The van der Waals surface area contributed by atoms with Crippen LogP contribution in [-0.4, -0.2) is 21.3 Å². The summed E-state index contributed by atoms with van der Waals surface area (Å²) >= 11 is 0. The highest BCUT2D eigenvalue weighted by molar-refractivity contribution is 5.04. The number of aromatic nitrogens is 3. The van der Waals surface area contributed by atoms with Gasteiger partial charge in [-0.15, -0.1) is 10.2 Å². The van der Waals surface area contributed by atoms with Gasteiger partial charge in [-0.1, -0.05) is 13.8 Å². The molecular formula is C10H18N4. The zero-order valence-corrected chi connectivity index (χ0v) is 8.95. The fraction of sp³-hybridized carbons (Fsp3) is 0.800. The first-order valence-electron chi connectivity index (χ1n) is 5.52. The highest BCUT2D eigenvalue weighted by Gasteiger charge is 2.22. The minimum absolute atomic E-state index is 0.404. The number of fused-ring (bicyclic) bond motifs is 1. The van der Waals surface area contributed by atoms with Gasteiger partial charge < -0.3 is 9.88 Å². The van der Waals surface area contributed by atoms with E-state index in [1.807, 2.05) is 0 Å². The van der Waals surface area contributed by atoms with E-state index in [-0.39, 0.29) is 0 Å². The molecule has 1 unspecified atom stereocenters. The summed E-state index contributed by atoms with van der Waals surface area (Å²) < 4.78 is 2.29. The van der Waals surface area contributed by atoms with Crippen LogP contribution in [0.15, 0.2) is 0 Å². The Bertz CT molecular complexity index is 305. The molecule has 1 aromatic rings. The van der Waals surface area contributed by atoms with Crippen molar-refractivity contribution >= 4 is 0 Å². The van der Waals surface area contributed by atoms with E-state index in [1.165, 1.54) is 0 Å². The Hall–Kier alpha value is -0.900. The molecule has 78 valence electrons. The van der Waals surface area contributed by atoms with Crippen LogP contribution >= 0.6 is 0 Å². The van der Waals surface area contributed by atoms with Gasteiger partial charge in [0.15, 0.2) is 0 Å². The topological polar surface area (TPSA) is 42.7 Å². The summed E-state index contributed by atoms with van der Waals surface area (Å²) in [6, 6.07) is 0.404. The largest absolute Gasteiger partial charge is 0.312 e. The van der Waals surface area contributed by atoms with Crippen molar-refractivity contribution in [1.82, 2.24) is 20.1 Å². The first kappa shape index (κ1) is 9.65. The standard InChI is InChI=1S/C10H18N4/c1-3-5-9-12-13-10-8(4-2)11-6-7-14(9)10/h8,11H,3-7H2,1-2H3. The minimum atomic E-state index is 0.404. The quantitative estimate of drug-likeness (QED) is 0.788. The van der Waals surface area contributed by atoms with Crippen LogP contribution in [0.4, 0.5) is 0 Å². The molecule has 1 aliphatic heterocycles. The lowest BCUT2D eigenvalue weighted by atomic mass is 10.1. The number of hydrogen-bond donors (Lipinski definition) is 1. The first-order valence-corrected chi connectivity index (χ1v) is 5.52. The van der Waals surface area contributed by atoms with Crippen molar-refractivity contribution in [3.8, 4) is 0 Å². The van der Waals surface area contributed by atoms with Crippen LogP contribution in [0, 0.1) is 0 Å². The summed E-state index contributed by atoms with van der Waals surface area (Å²) in [6.45, 7) is 6.43. The monoisotopic (exact) mass is 194 g/mol. The average molecular weight is 194 g/mol. The number of aryl methyl sites for hydroxylation is 1. The number of nitrogens with zero attached hydrogens (tertiary/aromatic N) is 3. The van der Waals surface area contributed by atoms with E-state index in [4.69, 9.17) is 0 Å². The molecule has 1 aliphatic rings. The van der Waals surface area contributed by atoms with E-state index < -0.39 is 0 Å². The lowest BCUT2D eigenvalue weighted by molar-refractivity contribution is 0.400. The van der Waals surface area contributed by atoms with Gasteiger partial charge >= 0.3 is 0 Å². The van der Waals surface area contributed by atoms with Crippen molar-refractivity contribution in [2.24, 2.45) is 0 Å². The normalized spacial score (nSPS) is 20.9. The van der Waals surface area contributed by atoms with Crippen LogP contribution in [0.2, 0.25) is 0 Å². The molecule has 0 radical (unpaired) electrons. The van der Waals surface area contributed by atoms with E-state index in [0.29, 0.717) is 6.04 Å². The number of rotatable bonds is 3. The maximum atomic E-state index is 4.28. The summed E-state index contributed by atoms with van der Waals surface area (Å²) in [5, 5.41) is 12.0. The smallest absolute Gasteiger partial charge is 0.150 e. The fourth-order valence-electron chi connectivity index (χ4n) is 2.03. The molecule has 0 aliphatic carbocycles. The van der Waals surface area contributed by atoms with Gasteiger partial charge in [0, 0.05) is 19.5 Å². The number of nitrogens with one attached hydrogen (secondary N) is 1. The van der Waals surface area contributed by atoms with E-state index in [0.717, 1.165) is 44.0 Å². The highest BCUT2D eigenvalue weighted by atomic mass is 15.3. The summed E-state index contributed by atoms with van der Waals surface area (Å²) in [4.78, 5) is 0. The van der Waals surface area contributed by atoms with Crippen molar-refractivity contribution in [2.75, 3.05) is 6.54 Å². The summed E-state index contributed by atoms with van der Waals surface area (Å²) in [5.41, 5.74) is 0. The third-order valence-corrected chi connectivity index (χ3v) is 2.78. The van der Waals surface area contributed by atoms with E-state index in [2.05, 4.69) is 33.9 Å². The molecule has 1 N–H and O–H groups in total. The fourth-order valence-corrected chi connectivity index (χ4v) is 2.03. The lowest BCUT2D eigenvalue weighted by Crippen LogP contribution is -2.33. The Labute approximate surface area is 84.7 Å². The molecular weight excluding hydrogens is 176 g/mol. The van der Waals surface area contributed by atoms with Crippen LogP contribution < -0.4 is 5.32 Å². The van der Waals surface area contributed by atoms with Crippen molar-refractivity contribution in [1.29, 1.82) is 0 Å². The van der Waals surface area contributed by atoms with Crippen LogP contribution in [0.3, 0.4) is 0 Å². The zero-order chi connectivity index (χ0) is 9.97. The molecule has 2 heterocycles. The van der Waals surface area contributed by atoms with Crippen molar-refractivity contribution in [2.45, 2.75) is 45.7 Å². The Balaban J connectivity index is 2.28. The first-order chi connectivity index (χ1) is 6.86. The van der Waals surface area contributed by atoms with Crippen molar-refractivity contribution in [3.63, 3.8) is 0 Å². The van der Waals surface area contributed by atoms with Crippen LogP contribution in [0.5, 0.6) is 0 Å². The van der Waals surface area contributed by atoms with Gasteiger partial charge in [-0.25, -0.2) is 0 Å². The summed E-state index contributed by atoms with van der Waals surface area (Å²) in [5.74, 6) is 2.28. The molecule has 0 amide bonds. The van der Waals surface area contributed by atoms with Crippen LogP contribution in [0.25, 0.3) is 0 Å². The van der Waals surface area contributed by atoms with Gasteiger partial charge in [0.2, 0.25) is 0 Å². The molecule has 0 bridgehead atoms. The molecule has 0 aromatic carbocycles. The predicted molar refractivity (Wildman–Crippen MR) is 55.1 cm³/mol.